The van der Waals surface area contributed by atoms with Crippen molar-refractivity contribution >= 4 is 5.69 Å². The van der Waals surface area contributed by atoms with Crippen molar-refractivity contribution in [3.05, 3.63) is 65.7 Å². The highest BCUT2D eigenvalue weighted by molar-refractivity contribution is 5.48. The average molecular weight is 238 g/mol. The van der Waals surface area contributed by atoms with E-state index in [-0.39, 0.29) is 0 Å². The molecule has 2 aromatic carbocycles. The first-order valence-corrected chi connectivity index (χ1v) is 6.48. The van der Waals surface area contributed by atoms with Crippen LogP contribution in [-0.4, -0.2) is 6.54 Å². The molecule has 2 nitrogen and oxygen atoms in total. The Morgan fingerprint density at radius 3 is 2.67 bits per heavy atom. The van der Waals surface area contributed by atoms with E-state index in [1.807, 2.05) is 0 Å². The van der Waals surface area contributed by atoms with Gasteiger partial charge in [0, 0.05) is 6.54 Å². The summed E-state index contributed by atoms with van der Waals surface area (Å²) in [5, 5.41) is 2.25. The zero-order valence-electron chi connectivity index (χ0n) is 10.6. The summed E-state index contributed by atoms with van der Waals surface area (Å²) < 4.78 is 0. The summed E-state index contributed by atoms with van der Waals surface area (Å²) in [5.74, 6) is 0. The lowest BCUT2D eigenvalue weighted by molar-refractivity contribution is 0.627. The molecule has 1 aliphatic heterocycles. The van der Waals surface area contributed by atoms with Gasteiger partial charge in [0.15, 0.2) is 0 Å². The van der Waals surface area contributed by atoms with Crippen LogP contribution in [0.5, 0.6) is 0 Å². The minimum atomic E-state index is 0.437. The van der Waals surface area contributed by atoms with Gasteiger partial charge in [0.1, 0.15) is 0 Å². The molecule has 0 bridgehead atoms. The smallest absolute Gasteiger partial charge is 0.0529 e. The Morgan fingerprint density at radius 2 is 1.89 bits per heavy atom. The number of anilines is 1. The summed E-state index contributed by atoms with van der Waals surface area (Å²) in [6.07, 6.45) is 1.15. The molecule has 0 radical (unpaired) electrons. The lowest BCUT2D eigenvalue weighted by Gasteiger charge is -2.20. The fourth-order valence-electron chi connectivity index (χ4n) is 2.50. The highest BCUT2D eigenvalue weighted by Crippen LogP contribution is 2.26. The Morgan fingerprint density at radius 1 is 1.06 bits per heavy atom. The summed E-state index contributed by atoms with van der Waals surface area (Å²) in [4.78, 5) is 0. The molecular formula is C16H18N2. The number of aryl methyl sites for hydroxylation is 1. The topological polar surface area (TPSA) is 15.3 Å². The number of nitrogens with zero attached hydrogens (tertiary/aromatic N) is 1. The molecule has 2 heteroatoms. The minimum absolute atomic E-state index is 0.437. The molecule has 1 aliphatic rings. The maximum atomic E-state index is 3.58. The second kappa shape index (κ2) is 4.83. The van der Waals surface area contributed by atoms with Gasteiger partial charge in [0.25, 0.3) is 0 Å². The number of benzene rings is 2. The van der Waals surface area contributed by atoms with Crippen LogP contribution >= 0.6 is 0 Å². The van der Waals surface area contributed by atoms with Crippen LogP contribution in [0.2, 0.25) is 0 Å². The van der Waals surface area contributed by atoms with Crippen molar-refractivity contribution in [2.75, 3.05) is 11.6 Å². The van der Waals surface area contributed by atoms with Gasteiger partial charge in [-0.1, -0.05) is 42.5 Å². The van der Waals surface area contributed by atoms with Crippen molar-refractivity contribution in [1.82, 2.24) is 5.43 Å². The third-order valence-electron chi connectivity index (χ3n) is 3.47. The van der Waals surface area contributed by atoms with Crippen LogP contribution in [0, 0.1) is 6.92 Å². The largest absolute Gasteiger partial charge is 0.308 e. The second-order valence-electron chi connectivity index (χ2n) is 4.87. The van der Waals surface area contributed by atoms with Crippen LogP contribution in [0.4, 0.5) is 5.69 Å². The van der Waals surface area contributed by atoms with Crippen molar-refractivity contribution in [3.63, 3.8) is 0 Å². The molecule has 0 amide bonds. The molecule has 0 aliphatic carbocycles. The lowest BCUT2D eigenvalue weighted by atomic mass is 10.1. The van der Waals surface area contributed by atoms with Gasteiger partial charge in [0.05, 0.1) is 11.7 Å². The molecular weight excluding hydrogens is 220 g/mol. The summed E-state index contributed by atoms with van der Waals surface area (Å²) in [7, 11) is 0. The number of hydrogen-bond acceptors (Lipinski definition) is 2. The zero-order chi connectivity index (χ0) is 12.4. The Labute approximate surface area is 108 Å². The molecule has 1 N–H and O–H groups in total. The zero-order valence-corrected chi connectivity index (χ0v) is 10.6. The Bertz CT molecular complexity index is 522. The first kappa shape index (κ1) is 11.3. The first-order valence-electron chi connectivity index (χ1n) is 6.48. The molecule has 0 aromatic heterocycles. The molecule has 1 unspecified atom stereocenters. The van der Waals surface area contributed by atoms with E-state index in [0.29, 0.717) is 6.04 Å². The van der Waals surface area contributed by atoms with Gasteiger partial charge in [-0.15, -0.1) is 0 Å². The molecule has 1 atom stereocenters. The van der Waals surface area contributed by atoms with Crippen LogP contribution in [0.15, 0.2) is 54.6 Å². The SMILES string of the molecule is Cc1cccc(N2CCC(c3ccccc3)N2)c1. The van der Waals surface area contributed by atoms with Crippen molar-refractivity contribution in [3.8, 4) is 0 Å². The first-order chi connectivity index (χ1) is 8.83. The molecule has 1 saturated heterocycles. The van der Waals surface area contributed by atoms with Gasteiger partial charge >= 0.3 is 0 Å². The second-order valence-corrected chi connectivity index (χ2v) is 4.87. The molecule has 1 heterocycles. The van der Waals surface area contributed by atoms with Crippen LogP contribution in [0.1, 0.15) is 23.6 Å². The number of rotatable bonds is 2. The summed E-state index contributed by atoms with van der Waals surface area (Å²) in [6, 6.07) is 19.7. The predicted molar refractivity (Wildman–Crippen MR) is 75.5 cm³/mol. The van der Waals surface area contributed by atoms with E-state index >= 15 is 0 Å². The summed E-state index contributed by atoms with van der Waals surface area (Å²) in [6.45, 7) is 3.19. The number of hydrogen-bond donors (Lipinski definition) is 1. The maximum absolute atomic E-state index is 3.58. The van der Waals surface area contributed by atoms with Crippen molar-refractivity contribution in [2.45, 2.75) is 19.4 Å². The van der Waals surface area contributed by atoms with Gasteiger partial charge in [0.2, 0.25) is 0 Å². The van der Waals surface area contributed by atoms with Crippen molar-refractivity contribution in [2.24, 2.45) is 0 Å². The molecule has 92 valence electrons. The summed E-state index contributed by atoms with van der Waals surface area (Å²) in [5.41, 5.74) is 7.51. The Hall–Kier alpha value is -1.80. The third-order valence-corrected chi connectivity index (χ3v) is 3.47. The molecule has 0 spiro atoms. The van der Waals surface area contributed by atoms with Crippen LogP contribution < -0.4 is 10.4 Å². The Kier molecular flexibility index (Phi) is 3.03. The van der Waals surface area contributed by atoms with E-state index in [2.05, 4.69) is 72.0 Å². The normalized spacial score (nSPS) is 19.2. The van der Waals surface area contributed by atoms with Crippen LogP contribution in [0.25, 0.3) is 0 Å². The lowest BCUT2D eigenvalue weighted by Crippen LogP contribution is -2.32. The van der Waals surface area contributed by atoms with E-state index in [4.69, 9.17) is 0 Å². The molecule has 0 saturated carbocycles. The van der Waals surface area contributed by atoms with Gasteiger partial charge in [-0.25, -0.2) is 5.43 Å². The monoisotopic (exact) mass is 238 g/mol. The molecule has 3 rings (SSSR count). The Balaban J connectivity index is 1.76. The van der Waals surface area contributed by atoms with E-state index in [1.165, 1.54) is 16.8 Å². The fourth-order valence-corrected chi connectivity index (χ4v) is 2.50. The van der Waals surface area contributed by atoms with Crippen LogP contribution in [-0.2, 0) is 0 Å². The van der Waals surface area contributed by atoms with E-state index in [9.17, 15) is 0 Å². The van der Waals surface area contributed by atoms with E-state index < -0.39 is 0 Å². The maximum Gasteiger partial charge on any atom is 0.0529 e. The van der Waals surface area contributed by atoms with E-state index in [1.54, 1.807) is 0 Å². The number of hydrazine groups is 1. The average Bonchev–Trinajstić information content (AvgIpc) is 2.89. The predicted octanol–water partition coefficient (Wildman–Crippen LogP) is 3.45. The summed E-state index contributed by atoms with van der Waals surface area (Å²) >= 11 is 0. The van der Waals surface area contributed by atoms with Crippen molar-refractivity contribution < 1.29 is 0 Å². The molecule has 2 aromatic rings. The van der Waals surface area contributed by atoms with E-state index in [0.717, 1.165) is 13.0 Å². The van der Waals surface area contributed by atoms with Gasteiger partial charge < -0.3 is 5.01 Å². The molecule has 1 fully saturated rings. The van der Waals surface area contributed by atoms with Gasteiger partial charge in [-0.05, 0) is 36.6 Å². The number of nitrogens with one attached hydrogen (secondary N) is 1. The highest BCUT2D eigenvalue weighted by Gasteiger charge is 2.22. The van der Waals surface area contributed by atoms with Gasteiger partial charge in [-0.2, -0.15) is 0 Å². The highest BCUT2D eigenvalue weighted by atomic mass is 15.5. The standard InChI is InChI=1S/C16H18N2/c1-13-6-5-9-15(12-13)18-11-10-16(17-18)14-7-3-2-4-8-14/h2-9,12,16-17H,10-11H2,1H3. The minimum Gasteiger partial charge on any atom is -0.308 e. The van der Waals surface area contributed by atoms with Crippen LogP contribution in [0.3, 0.4) is 0 Å². The quantitative estimate of drug-likeness (QED) is 0.862. The fraction of sp³-hybridized carbons (Fsp3) is 0.250. The molecule has 18 heavy (non-hydrogen) atoms. The third kappa shape index (κ3) is 2.24. The van der Waals surface area contributed by atoms with Gasteiger partial charge in [-0.3, -0.25) is 0 Å². The van der Waals surface area contributed by atoms with Crippen molar-refractivity contribution in [1.29, 1.82) is 0 Å².